The van der Waals surface area contributed by atoms with E-state index in [0.29, 0.717) is 13.0 Å². The van der Waals surface area contributed by atoms with Gasteiger partial charge in [0.25, 0.3) is 15.1 Å². The molecular weight excluding hydrogens is 382 g/mol. The molecule has 0 radical (unpaired) electrons. The van der Waals surface area contributed by atoms with Crippen molar-refractivity contribution in [2.24, 2.45) is 0 Å². The van der Waals surface area contributed by atoms with Gasteiger partial charge in [0.15, 0.2) is 6.54 Å². The zero-order valence-electron chi connectivity index (χ0n) is 14.4. The Morgan fingerprint density at radius 1 is 1.15 bits per heavy atom. The molecule has 0 aliphatic heterocycles. The van der Waals surface area contributed by atoms with E-state index in [1.807, 2.05) is 54.6 Å². The quantitative estimate of drug-likeness (QED) is 0.383. The maximum absolute atomic E-state index is 11.0. The van der Waals surface area contributed by atoms with Gasteiger partial charge in [-0.15, -0.1) is 0 Å². The standard InChI is InChI=1S/C19H17N3O3S2/c23-27(24,25)12-4-11-22-16-7-1-2-8-17(16)26-18(22)10-9-14-5-3-6-15-13-20-21-19(14)15/h1-3,5-10,13H,4,11-12H2,(H,23,24,25)/p+1. The van der Waals surface area contributed by atoms with Crippen LogP contribution in [0.5, 0.6) is 0 Å². The average Bonchev–Trinajstić information content (AvgIpc) is 3.24. The lowest BCUT2D eigenvalue weighted by molar-refractivity contribution is -0.668. The molecular formula is C19H18N3O3S2+. The molecule has 0 bridgehead atoms. The number of rotatable bonds is 6. The summed E-state index contributed by atoms with van der Waals surface area (Å²) < 4.78 is 34.3. The summed E-state index contributed by atoms with van der Waals surface area (Å²) in [5.41, 5.74) is 3.07. The van der Waals surface area contributed by atoms with Gasteiger partial charge >= 0.3 is 0 Å². The van der Waals surface area contributed by atoms with Crippen molar-refractivity contribution >= 4 is 54.7 Å². The number of H-pyrrole nitrogens is 1. The van der Waals surface area contributed by atoms with Gasteiger partial charge in [-0.05, 0) is 12.1 Å². The van der Waals surface area contributed by atoms with Crippen LogP contribution in [-0.2, 0) is 16.7 Å². The number of para-hydroxylation sites is 2. The SMILES string of the molecule is O=S(=O)(O)CCC[n+]1c(/C=C/c2cccc3cn[nH]c23)sc2ccccc21. The number of aromatic nitrogens is 3. The Morgan fingerprint density at radius 3 is 2.85 bits per heavy atom. The molecule has 27 heavy (non-hydrogen) atoms. The van der Waals surface area contributed by atoms with Crippen LogP contribution in [0.25, 0.3) is 33.3 Å². The normalized spacial score (nSPS) is 12.5. The van der Waals surface area contributed by atoms with Crippen LogP contribution in [0.15, 0.2) is 48.7 Å². The molecule has 0 aliphatic carbocycles. The molecule has 2 N–H and O–H groups in total. The minimum absolute atomic E-state index is 0.249. The number of aromatic amines is 1. The molecule has 4 rings (SSSR count). The number of aryl methyl sites for hydroxylation is 1. The van der Waals surface area contributed by atoms with Crippen molar-refractivity contribution in [1.82, 2.24) is 10.2 Å². The van der Waals surface area contributed by atoms with Crippen molar-refractivity contribution < 1.29 is 17.5 Å². The first-order valence-corrected chi connectivity index (χ1v) is 10.9. The first-order chi connectivity index (χ1) is 13.0. The third-order valence-corrected chi connectivity index (χ3v) is 6.27. The molecule has 0 unspecified atom stereocenters. The zero-order valence-corrected chi connectivity index (χ0v) is 16.0. The predicted molar refractivity (Wildman–Crippen MR) is 108 cm³/mol. The molecule has 0 spiro atoms. The van der Waals surface area contributed by atoms with E-state index in [4.69, 9.17) is 4.55 Å². The van der Waals surface area contributed by atoms with Gasteiger partial charge in [-0.25, -0.2) is 0 Å². The number of hydrogen-bond donors (Lipinski definition) is 2. The first-order valence-electron chi connectivity index (χ1n) is 8.48. The van der Waals surface area contributed by atoms with Crippen LogP contribution in [0.1, 0.15) is 17.0 Å². The number of nitrogens with zero attached hydrogens (tertiary/aromatic N) is 2. The highest BCUT2D eigenvalue weighted by Crippen LogP contribution is 2.23. The van der Waals surface area contributed by atoms with Gasteiger partial charge in [-0.3, -0.25) is 9.65 Å². The zero-order chi connectivity index (χ0) is 18.9. The highest BCUT2D eigenvalue weighted by atomic mass is 32.2. The number of thiazole rings is 1. The Kier molecular flexibility index (Phi) is 4.77. The van der Waals surface area contributed by atoms with Gasteiger partial charge < -0.3 is 0 Å². The monoisotopic (exact) mass is 400 g/mol. The maximum atomic E-state index is 11.0. The summed E-state index contributed by atoms with van der Waals surface area (Å²) in [5.74, 6) is -0.249. The molecule has 0 aliphatic rings. The highest BCUT2D eigenvalue weighted by Gasteiger charge is 2.19. The molecule has 6 nitrogen and oxygen atoms in total. The fraction of sp³-hybridized carbons (Fsp3) is 0.158. The Bertz CT molecular complexity index is 1240. The number of fused-ring (bicyclic) bond motifs is 2. The van der Waals surface area contributed by atoms with E-state index in [1.54, 1.807) is 17.5 Å². The second kappa shape index (κ2) is 7.22. The fourth-order valence-electron chi connectivity index (χ4n) is 3.10. The molecule has 138 valence electrons. The van der Waals surface area contributed by atoms with Gasteiger partial charge in [0, 0.05) is 29.5 Å². The van der Waals surface area contributed by atoms with Crippen molar-refractivity contribution in [3.05, 3.63) is 59.2 Å². The van der Waals surface area contributed by atoms with E-state index in [-0.39, 0.29) is 5.75 Å². The van der Waals surface area contributed by atoms with Crippen LogP contribution in [0.2, 0.25) is 0 Å². The lowest BCUT2D eigenvalue weighted by atomic mass is 10.1. The van der Waals surface area contributed by atoms with Crippen LogP contribution >= 0.6 is 11.3 Å². The van der Waals surface area contributed by atoms with Crippen molar-refractivity contribution in [1.29, 1.82) is 0 Å². The number of nitrogens with one attached hydrogen (secondary N) is 1. The summed E-state index contributed by atoms with van der Waals surface area (Å²) in [4.78, 5) is 0. The third kappa shape index (κ3) is 3.92. The van der Waals surface area contributed by atoms with Gasteiger partial charge in [-0.1, -0.05) is 41.7 Å². The van der Waals surface area contributed by atoms with Crippen molar-refractivity contribution in [2.75, 3.05) is 5.75 Å². The maximum Gasteiger partial charge on any atom is 0.265 e. The summed E-state index contributed by atoms with van der Waals surface area (Å²) in [5, 5.41) is 9.18. The molecule has 4 aromatic rings. The molecule has 0 atom stereocenters. The highest BCUT2D eigenvalue weighted by molar-refractivity contribution is 7.85. The lowest BCUT2D eigenvalue weighted by Gasteiger charge is -1.98. The topological polar surface area (TPSA) is 86.9 Å². The Balaban J connectivity index is 1.70. The van der Waals surface area contributed by atoms with Gasteiger partial charge in [0.1, 0.15) is 4.70 Å². The van der Waals surface area contributed by atoms with Crippen LogP contribution in [-0.4, -0.2) is 28.9 Å². The van der Waals surface area contributed by atoms with Crippen molar-refractivity contribution in [3.63, 3.8) is 0 Å². The molecule has 0 saturated heterocycles. The van der Waals surface area contributed by atoms with Crippen LogP contribution in [0, 0.1) is 0 Å². The Hall–Kier alpha value is -2.55. The van der Waals surface area contributed by atoms with Crippen molar-refractivity contribution in [3.8, 4) is 0 Å². The van der Waals surface area contributed by atoms with E-state index in [2.05, 4.69) is 14.8 Å². The van der Waals surface area contributed by atoms with Gasteiger partial charge in [0.05, 0.1) is 17.5 Å². The predicted octanol–water partition coefficient (Wildman–Crippen LogP) is 3.51. The summed E-state index contributed by atoms with van der Waals surface area (Å²) in [6, 6.07) is 14.0. The first kappa shape index (κ1) is 17.8. The smallest absolute Gasteiger partial charge is 0.265 e. The third-order valence-electron chi connectivity index (χ3n) is 4.33. The second-order valence-corrected chi connectivity index (χ2v) is 8.85. The summed E-state index contributed by atoms with van der Waals surface area (Å²) in [7, 11) is -3.96. The van der Waals surface area contributed by atoms with E-state index in [0.717, 1.165) is 31.7 Å². The van der Waals surface area contributed by atoms with E-state index in [1.165, 1.54) is 0 Å². The molecule has 2 aromatic carbocycles. The average molecular weight is 401 g/mol. The molecule has 0 amide bonds. The lowest BCUT2D eigenvalue weighted by Crippen LogP contribution is -2.35. The summed E-state index contributed by atoms with van der Waals surface area (Å²) >= 11 is 1.65. The minimum atomic E-state index is -3.96. The largest absolute Gasteiger partial charge is 0.286 e. The molecule has 2 aromatic heterocycles. The van der Waals surface area contributed by atoms with Gasteiger partial charge in [0.2, 0.25) is 5.52 Å². The van der Waals surface area contributed by atoms with E-state index in [9.17, 15) is 8.42 Å². The van der Waals surface area contributed by atoms with E-state index < -0.39 is 10.1 Å². The molecule has 0 fully saturated rings. The Morgan fingerprint density at radius 2 is 2.00 bits per heavy atom. The molecule has 0 saturated carbocycles. The van der Waals surface area contributed by atoms with Crippen molar-refractivity contribution in [2.45, 2.75) is 13.0 Å². The number of benzene rings is 2. The second-order valence-electron chi connectivity index (χ2n) is 6.21. The van der Waals surface area contributed by atoms with Crippen LogP contribution in [0.4, 0.5) is 0 Å². The summed E-state index contributed by atoms with van der Waals surface area (Å²) in [6.45, 7) is 0.512. The van der Waals surface area contributed by atoms with E-state index >= 15 is 0 Å². The van der Waals surface area contributed by atoms with Crippen LogP contribution < -0.4 is 4.57 Å². The molecule has 2 heterocycles. The Labute approximate surface area is 160 Å². The van der Waals surface area contributed by atoms with Crippen LogP contribution in [0.3, 0.4) is 0 Å². The summed E-state index contributed by atoms with van der Waals surface area (Å²) in [6.07, 6.45) is 6.21. The number of hydrogen-bond acceptors (Lipinski definition) is 4. The van der Waals surface area contributed by atoms with Gasteiger partial charge in [-0.2, -0.15) is 18.1 Å². The molecule has 8 heteroatoms. The minimum Gasteiger partial charge on any atom is -0.286 e. The fourth-order valence-corrected chi connectivity index (χ4v) is 4.69.